The van der Waals surface area contributed by atoms with E-state index < -0.39 is 0 Å². The minimum Gasteiger partial charge on any atom is -0.378 e. The van der Waals surface area contributed by atoms with Crippen LogP contribution in [0.25, 0.3) is 11.4 Å². The Morgan fingerprint density at radius 3 is 2.92 bits per heavy atom. The molecule has 132 valence electrons. The predicted molar refractivity (Wildman–Crippen MR) is 95.3 cm³/mol. The highest BCUT2D eigenvalue weighted by atomic mass is 16.5. The maximum absolute atomic E-state index is 12.7. The standard InChI is InChI=1S/C19H24N4O2/c24-19(15-6-4-5-14(11-15)18-20-7-8-21-18)22-16-12-25-13-17(16)23-9-2-1-3-10-23/h4-8,11,16-17H,1-3,9-10,12-13H2,(H,20,21)(H,22,24)/t16-,17-/m1/s1. The molecule has 1 aromatic carbocycles. The zero-order valence-electron chi connectivity index (χ0n) is 14.3. The van der Waals surface area contributed by atoms with Crippen molar-refractivity contribution >= 4 is 5.91 Å². The largest absolute Gasteiger partial charge is 0.378 e. The maximum atomic E-state index is 12.7. The molecule has 2 aromatic rings. The van der Waals surface area contributed by atoms with Crippen molar-refractivity contribution in [3.05, 3.63) is 42.2 Å². The van der Waals surface area contributed by atoms with Crippen LogP contribution in [0.15, 0.2) is 36.7 Å². The van der Waals surface area contributed by atoms with Crippen LogP contribution in [0.1, 0.15) is 29.6 Å². The first-order chi connectivity index (χ1) is 12.3. The summed E-state index contributed by atoms with van der Waals surface area (Å²) in [5, 5.41) is 3.18. The van der Waals surface area contributed by atoms with Gasteiger partial charge in [-0.2, -0.15) is 0 Å². The number of amides is 1. The molecule has 3 heterocycles. The Hall–Kier alpha value is -2.18. The molecule has 1 aromatic heterocycles. The fourth-order valence-electron chi connectivity index (χ4n) is 3.77. The van der Waals surface area contributed by atoms with Gasteiger partial charge in [0.25, 0.3) is 5.91 Å². The molecule has 0 bridgehead atoms. The van der Waals surface area contributed by atoms with Gasteiger partial charge in [0.1, 0.15) is 5.82 Å². The Morgan fingerprint density at radius 2 is 2.12 bits per heavy atom. The number of imidazole rings is 1. The summed E-state index contributed by atoms with van der Waals surface area (Å²) in [5.74, 6) is 0.718. The quantitative estimate of drug-likeness (QED) is 0.894. The lowest BCUT2D eigenvalue weighted by Gasteiger charge is -2.34. The second-order valence-electron chi connectivity index (χ2n) is 6.80. The molecule has 0 aliphatic carbocycles. The lowest BCUT2D eigenvalue weighted by Crippen LogP contribution is -2.52. The highest BCUT2D eigenvalue weighted by Crippen LogP contribution is 2.20. The van der Waals surface area contributed by atoms with Gasteiger partial charge < -0.3 is 15.0 Å². The van der Waals surface area contributed by atoms with E-state index in [9.17, 15) is 4.79 Å². The second kappa shape index (κ2) is 7.37. The second-order valence-corrected chi connectivity index (χ2v) is 6.80. The first-order valence-electron chi connectivity index (χ1n) is 9.04. The van der Waals surface area contributed by atoms with E-state index in [1.54, 1.807) is 12.4 Å². The number of aromatic nitrogens is 2. The zero-order valence-corrected chi connectivity index (χ0v) is 14.3. The smallest absolute Gasteiger partial charge is 0.251 e. The normalized spacial score (nSPS) is 24.3. The number of nitrogens with zero attached hydrogens (tertiary/aromatic N) is 2. The van der Waals surface area contributed by atoms with Gasteiger partial charge in [-0.25, -0.2) is 4.98 Å². The summed E-state index contributed by atoms with van der Waals surface area (Å²) in [5.41, 5.74) is 1.56. The van der Waals surface area contributed by atoms with Crippen LogP contribution >= 0.6 is 0 Å². The van der Waals surface area contributed by atoms with Crippen molar-refractivity contribution in [3.8, 4) is 11.4 Å². The molecule has 25 heavy (non-hydrogen) atoms. The van der Waals surface area contributed by atoms with Crippen LogP contribution in [0, 0.1) is 0 Å². The number of piperidine rings is 1. The van der Waals surface area contributed by atoms with Gasteiger partial charge in [-0.05, 0) is 38.1 Å². The lowest BCUT2D eigenvalue weighted by atomic mass is 10.0. The molecular formula is C19H24N4O2. The van der Waals surface area contributed by atoms with Crippen molar-refractivity contribution in [2.24, 2.45) is 0 Å². The minimum absolute atomic E-state index is 0.0501. The molecule has 0 radical (unpaired) electrons. The molecular weight excluding hydrogens is 316 g/mol. The summed E-state index contributed by atoms with van der Waals surface area (Å²) >= 11 is 0. The van der Waals surface area contributed by atoms with Crippen LogP contribution in [0.5, 0.6) is 0 Å². The van der Waals surface area contributed by atoms with E-state index in [2.05, 4.69) is 20.2 Å². The van der Waals surface area contributed by atoms with Crippen molar-refractivity contribution in [3.63, 3.8) is 0 Å². The predicted octanol–water partition coefficient (Wildman–Crippen LogP) is 2.06. The number of carbonyl (C=O) groups is 1. The van der Waals surface area contributed by atoms with E-state index in [1.165, 1.54) is 19.3 Å². The van der Waals surface area contributed by atoms with Crippen LogP contribution in [0.2, 0.25) is 0 Å². The number of ether oxygens (including phenoxy) is 1. The highest BCUT2D eigenvalue weighted by Gasteiger charge is 2.34. The van der Waals surface area contributed by atoms with E-state index in [-0.39, 0.29) is 18.0 Å². The van der Waals surface area contributed by atoms with Crippen LogP contribution < -0.4 is 5.32 Å². The topological polar surface area (TPSA) is 70.2 Å². The molecule has 0 saturated carbocycles. The van der Waals surface area contributed by atoms with Gasteiger partial charge in [0.15, 0.2) is 0 Å². The number of H-pyrrole nitrogens is 1. The van der Waals surface area contributed by atoms with Gasteiger partial charge in [-0.3, -0.25) is 9.69 Å². The van der Waals surface area contributed by atoms with Gasteiger partial charge >= 0.3 is 0 Å². The van der Waals surface area contributed by atoms with E-state index in [0.29, 0.717) is 18.8 Å². The first-order valence-corrected chi connectivity index (χ1v) is 9.04. The summed E-state index contributed by atoms with van der Waals surface area (Å²) in [6.07, 6.45) is 7.27. The van der Waals surface area contributed by atoms with Crippen LogP contribution in [-0.4, -0.2) is 59.2 Å². The summed E-state index contributed by atoms with van der Waals surface area (Å²) in [4.78, 5) is 22.5. The Morgan fingerprint density at radius 1 is 1.24 bits per heavy atom. The third-order valence-corrected chi connectivity index (χ3v) is 5.12. The maximum Gasteiger partial charge on any atom is 0.251 e. The number of hydrogen-bond donors (Lipinski definition) is 2. The summed E-state index contributed by atoms with van der Waals surface area (Å²) in [6.45, 7) is 3.50. The van der Waals surface area contributed by atoms with E-state index >= 15 is 0 Å². The van der Waals surface area contributed by atoms with Crippen LogP contribution in [0.3, 0.4) is 0 Å². The van der Waals surface area contributed by atoms with Crippen LogP contribution in [-0.2, 0) is 4.74 Å². The average molecular weight is 340 g/mol. The van der Waals surface area contributed by atoms with E-state index in [4.69, 9.17) is 4.74 Å². The molecule has 0 unspecified atom stereocenters. The first kappa shape index (κ1) is 16.3. The number of hydrogen-bond acceptors (Lipinski definition) is 4. The number of aromatic amines is 1. The molecule has 4 rings (SSSR count). The molecule has 2 saturated heterocycles. The number of nitrogens with one attached hydrogen (secondary N) is 2. The number of benzene rings is 1. The Kier molecular flexibility index (Phi) is 4.81. The minimum atomic E-state index is -0.0501. The molecule has 1 amide bonds. The molecule has 2 aliphatic rings. The molecule has 2 aliphatic heterocycles. The van der Waals surface area contributed by atoms with Gasteiger partial charge in [0.05, 0.1) is 25.3 Å². The fourth-order valence-corrected chi connectivity index (χ4v) is 3.77. The zero-order chi connectivity index (χ0) is 17.1. The summed E-state index contributed by atoms with van der Waals surface area (Å²) < 4.78 is 5.67. The van der Waals surface area contributed by atoms with Crippen molar-refractivity contribution < 1.29 is 9.53 Å². The van der Waals surface area contributed by atoms with E-state index in [1.807, 2.05) is 24.3 Å². The van der Waals surface area contributed by atoms with Crippen molar-refractivity contribution in [2.75, 3.05) is 26.3 Å². The molecule has 0 spiro atoms. The number of rotatable bonds is 4. The third kappa shape index (κ3) is 3.60. The summed E-state index contributed by atoms with van der Waals surface area (Å²) in [6, 6.07) is 7.90. The van der Waals surface area contributed by atoms with Gasteiger partial charge in [-0.15, -0.1) is 0 Å². The SMILES string of the molecule is O=C(N[C@@H]1COC[C@H]1N1CCCCC1)c1cccc(-c2ncc[nH]2)c1. The lowest BCUT2D eigenvalue weighted by molar-refractivity contribution is 0.0900. The monoisotopic (exact) mass is 340 g/mol. The van der Waals surface area contributed by atoms with Gasteiger partial charge in [0, 0.05) is 23.5 Å². The van der Waals surface area contributed by atoms with Gasteiger partial charge in [0.2, 0.25) is 0 Å². The van der Waals surface area contributed by atoms with Gasteiger partial charge in [-0.1, -0.05) is 18.6 Å². The fraction of sp³-hybridized carbons (Fsp3) is 0.474. The third-order valence-electron chi connectivity index (χ3n) is 5.12. The molecule has 2 fully saturated rings. The molecule has 6 nitrogen and oxygen atoms in total. The van der Waals surface area contributed by atoms with Crippen molar-refractivity contribution in [1.82, 2.24) is 20.2 Å². The molecule has 2 atom stereocenters. The Balaban J connectivity index is 1.45. The van der Waals surface area contributed by atoms with Crippen molar-refractivity contribution in [1.29, 1.82) is 0 Å². The van der Waals surface area contributed by atoms with Crippen molar-refractivity contribution in [2.45, 2.75) is 31.3 Å². The average Bonchev–Trinajstić information content (AvgIpc) is 3.34. The van der Waals surface area contributed by atoms with Crippen LogP contribution in [0.4, 0.5) is 0 Å². The Bertz CT molecular complexity index is 710. The number of likely N-dealkylation sites (tertiary alicyclic amines) is 1. The van der Waals surface area contributed by atoms with E-state index in [0.717, 1.165) is 24.5 Å². The Labute approximate surface area is 147 Å². The number of carbonyl (C=O) groups excluding carboxylic acids is 1. The highest BCUT2D eigenvalue weighted by molar-refractivity contribution is 5.95. The molecule has 2 N–H and O–H groups in total. The summed E-state index contributed by atoms with van der Waals surface area (Å²) in [7, 11) is 0. The molecule has 6 heteroatoms.